The van der Waals surface area contributed by atoms with Crippen molar-refractivity contribution in [1.82, 2.24) is 4.90 Å². The van der Waals surface area contributed by atoms with E-state index in [-0.39, 0.29) is 17.9 Å². The summed E-state index contributed by atoms with van der Waals surface area (Å²) in [4.78, 5) is 22.9. The highest BCUT2D eigenvalue weighted by molar-refractivity contribution is 5.90. The summed E-state index contributed by atoms with van der Waals surface area (Å²) in [5, 5.41) is 22.6. The lowest BCUT2D eigenvalue weighted by molar-refractivity contribution is -0.385. The first-order valence-electron chi connectivity index (χ1n) is 6.63. The number of aryl methyl sites for hydroxylation is 1. The zero-order chi connectivity index (χ0) is 17.4. The summed E-state index contributed by atoms with van der Waals surface area (Å²) >= 11 is 0. The largest absolute Gasteiger partial charge is 0.419 e. The number of nitro benzene ring substituents is 1. The molecule has 1 aromatic carbocycles. The van der Waals surface area contributed by atoms with E-state index < -0.39 is 35.7 Å². The molecular formula is C13H14F3N3O4. The predicted octanol–water partition coefficient (Wildman–Crippen LogP) is 2.43. The van der Waals surface area contributed by atoms with Crippen LogP contribution in [0.3, 0.4) is 0 Å². The fourth-order valence-corrected chi connectivity index (χ4v) is 2.34. The number of aliphatic hydroxyl groups is 1. The minimum absolute atomic E-state index is 0.129. The number of rotatable bonds is 2. The van der Waals surface area contributed by atoms with Crippen LogP contribution in [0.2, 0.25) is 0 Å². The Hall–Kier alpha value is -2.36. The molecule has 1 fully saturated rings. The van der Waals surface area contributed by atoms with Crippen LogP contribution in [-0.4, -0.2) is 45.8 Å². The molecule has 0 spiro atoms. The monoisotopic (exact) mass is 333 g/mol. The fourth-order valence-electron chi connectivity index (χ4n) is 2.34. The number of anilines is 1. The number of hydrogen-bond acceptors (Lipinski definition) is 4. The van der Waals surface area contributed by atoms with Crippen LogP contribution in [0.1, 0.15) is 12.0 Å². The number of carbonyl (C=O) groups is 1. The van der Waals surface area contributed by atoms with Gasteiger partial charge in [-0.05, 0) is 19.1 Å². The van der Waals surface area contributed by atoms with Crippen LogP contribution in [-0.2, 0) is 0 Å². The highest BCUT2D eigenvalue weighted by Gasteiger charge is 2.57. The van der Waals surface area contributed by atoms with Crippen LogP contribution in [0.25, 0.3) is 0 Å². The first-order valence-corrected chi connectivity index (χ1v) is 6.63. The smallest absolute Gasteiger partial charge is 0.379 e. The van der Waals surface area contributed by atoms with Crippen LogP contribution < -0.4 is 5.32 Å². The van der Waals surface area contributed by atoms with Crippen molar-refractivity contribution in [1.29, 1.82) is 0 Å². The number of hydrogen-bond donors (Lipinski definition) is 2. The van der Waals surface area contributed by atoms with Gasteiger partial charge in [-0.2, -0.15) is 13.2 Å². The van der Waals surface area contributed by atoms with Crippen LogP contribution in [0.5, 0.6) is 0 Å². The maximum Gasteiger partial charge on any atom is 0.419 e. The average Bonchev–Trinajstić information content (AvgIpc) is 2.82. The average molecular weight is 333 g/mol. The number of urea groups is 1. The lowest BCUT2D eigenvalue weighted by Gasteiger charge is -2.26. The van der Waals surface area contributed by atoms with Crippen LogP contribution in [0.4, 0.5) is 29.3 Å². The van der Waals surface area contributed by atoms with Crippen molar-refractivity contribution >= 4 is 17.4 Å². The molecule has 23 heavy (non-hydrogen) atoms. The number of amides is 2. The van der Waals surface area contributed by atoms with Gasteiger partial charge in [-0.1, -0.05) is 0 Å². The SMILES string of the molecule is Cc1cc(NC(=O)N2CCC(O)(C(F)(F)F)C2)ccc1[N+](=O)[O-]. The van der Waals surface area contributed by atoms with Gasteiger partial charge in [-0.15, -0.1) is 0 Å². The number of nitrogens with zero attached hydrogens (tertiary/aromatic N) is 2. The summed E-state index contributed by atoms with van der Waals surface area (Å²) in [5.74, 6) is 0. The van der Waals surface area contributed by atoms with Crippen molar-refractivity contribution in [3.05, 3.63) is 33.9 Å². The van der Waals surface area contributed by atoms with Crippen molar-refractivity contribution < 1.29 is 28.0 Å². The lowest BCUT2D eigenvalue weighted by atomic mass is 10.0. The number of likely N-dealkylation sites (tertiary alicyclic amines) is 1. The molecule has 126 valence electrons. The van der Waals surface area contributed by atoms with Crippen LogP contribution in [0, 0.1) is 17.0 Å². The number of β-amino-alcohol motifs (C(OH)–C–C–N with tert-alkyl or cyclic N) is 1. The fraction of sp³-hybridized carbons (Fsp3) is 0.462. The van der Waals surface area contributed by atoms with E-state index >= 15 is 0 Å². The Morgan fingerprint density at radius 1 is 1.48 bits per heavy atom. The quantitative estimate of drug-likeness (QED) is 0.642. The summed E-state index contributed by atoms with van der Waals surface area (Å²) < 4.78 is 38.1. The zero-order valence-electron chi connectivity index (χ0n) is 12.1. The Morgan fingerprint density at radius 3 is 2.61 bits per heavy atom. The molecule has 0 bridgehead atoms. The second-order valence-corrected chi connectivity index (χ2v) is 5.39. The third-order valence-electron chi connectivity index (χ3n) is 3.71. The Labute approximate surface area is 128 Å². The second kappa shape index (κ2) is 5.69. The van der Waals surface area contributed by atoms with E-state index in [1.807, 2.05) is 0 Å². The summed E-state index contributed by atoms with van der Waals surface area (Å²) in [6.07, 6.45) is -5.41. The standard InChI is InChI=1S/C13H14F3N3O4/c1-8-6-9(2-3-10(8)19(22)23)17-11(20)18-5-4-12(21,7-18)13(14,15)16/h2-3,6,21H,4-5,7H2,1H3,(H,17,20). The summed E-state index contributed by atoms with van der Waals surface area (Å²) in [6.45, 7) is 0.383. The minimum Gasteiger partial charge on any atom is -0.379 e. The molecule has 0 saturated carbocycles. The van der Waals surface area contributed by atoms with Crippen LogP contribution >= 0.6 is 0 Å². The number of nitrogens with one attached hydrogen (secondary N) is 1. The molecule has 0 aromatic heterocycles. The number of nitro groups is 1. The summed E-state index contributed by atoms with van der Waals surface area (Å²) in [5.41, 5.74) is -2.51. The first-order chi connectivity index (χ1) is 10.5. The molecule has 1 aliphatic rings. The normalized spacial score (nSPS) is 21.3. The van der Waals surface area contributed by atoms with Crippen molar-refractivity contribution in [3.63, 3.8) is 0 Å². The van der Waals surface area contributed by atoms with Gasteiger partial charge in [-0.25, -0.2) is 4.79 Å². The molecule has 2 N–H and O–H groups in total. The van der Waals surface area contributed by atoms with E-state index in [0.29, 0.717) is 5.56 Å². The highest BCUT2D eigenvalue weighted by Crippen LogP contribution is 2.37. The first kappa shape index (κ1) is 17.0. The lowest BCUT2D eigenvalue weighted by Crippen LogP contribution is -2.48. The Kier molecular flexibility index (Phi) is 4.20. The van der Waals surface area contributed by atoms with Crippen molar-refractivity contribution in [3.8, 4) is 0 Å². The summed E-state index contributed by atoms with van der Waals surface area (Å²) in [6, 6.07) is 3.02. The van der Waals surface area contributed by atoms with Gasteiger partial charge in [0.05, 0.1) is 11.5 Å². The molecule has 7 nitrogen and oxygen atoms in total. The predicted molar refractivity (Wildman–Crippen MR) is 74.0 cm³/mol. The molecule has 0 radical (unpaired) electrons. The van der Waals surface area contributed by atoms with Gasteiger partial charge >= 0.3 is 12.2 Å². The molecule has 1 unspecified atom stereocenters. The highest BCUT2D eigenvalue weighted by atomic mass is 19.4. The maximum absolute atomic E-state index is 12.7. The Morgan fingerprint density at radius 2 is 2.13 bits per heavy atom. The maximum atomic E-state index is 12.7. The zero-order valence-corrected chi connectivity index (χ0v) is 12.1. The van der Waals surface area contributed by atoms with Crippen LogP contribution in [0.15, 0.2) is 18.2 Å². The molecule has 1 aliphatic heterocycles. The van der Waals surface area contributed by atoms with Gasteiger partial charge in [0, 0.05) is 30.3 Å². The van der Waals surface area contributed by atoms with E-state index in [1.165, 1.54) is 25.1 Å². The van der Waals surface area contributed by atoms with Gasteiger partial charge in [0.15, 0.2) is 5.60 Å². The molecule has 0 aliphatic carbocycles. The Balaban J connectivity index is 2.06. The third-order valence-corrected chi connectivity index (χ3v) is 3.71. The van der Waals surface area contributed by atoms with E-state index in [4.69, 9.17) is 0 Å². The minimum atomic E-state index is -4.81. The van der Waals surface area contributed by atoms with Crippen molar-refractivity contribution in [2.45, 2.75) is 25.1 Å². The molecule has 1 saturated heterocycles. The second-order valence-electron chi connectivity index (χ2n) is 5.39. The molecule has 2 amide bonds. The summed E-state index contributed by atoms with van der Waals surface area (Å²) in [7, 11) is 0. The van der Waals surface area contributed by atoms with Gasteiger partial charge in [0.25, 0.3) is 5.69 Å². The molecule has 1 atom stereocenters. The van der Waals surface area contributed by atoms with Crippen molar-refractivity contribution in [2.24, 2.45) is 0 Å². The van der Waals surface area contributed by atoms with Crippen molar-refractivity contribution in [2.75, 3.05) is 18.4 Å². The molecule has 1 heterocycles. The Bertz CT molecular complexity index is 650. The number of halogens is 3. The molecule has 10 heteroatoms. The molecular weight excluding hydrogens is 319 g/mol. The van der Waals surface area contributed by atoms with E-state index in [2.05, 4.69) is 5.32 Å². The van der Waals surface area contributed by atoms with Gasteiger partial charge in [0.1, 0.15) is 0 Å². The van der Waals surface area contributed by atoms with Gasteiger partial charge in [0.2, 0.25) is 0 Å². The van der Waals surface area contributed by atoms with Gasteiger partial charge in [-0.3, -0.25) is 10.1 Å². The number of benzene rings is 1. The number of carbonyl (C=O) groups excluding carboxylic acids is 1. The van der Waals surface area contributed by atoms with E-state index in [1.54, 1.807) is 0 Å². The third kappa shape index (κ3) is 3.36. The molecule has 2 rings (SSSR count). The molecule has 1 aromatic rings. The van der Waals surface area contributed by atoms with Gasteiger partial charge < -0.3 is 15.3 Å². The van der Waals surface area contributed by atoms with E-state index in [9.17, 15) is 33.2 Å². The number of alkyl halides is 3. The van der Waals surface area contributed by atoms with E-state index in [0.717, 1.165) is 4.90 Å². The topological polar surface area (TPSA) is 95.7 Å².